The van der Waals surface area contributed by atoms with E-state index < -0.39 is 0 Å². The Morgan fingerprint density at radius 3 is 2.50 bits per heavy atom. The Balaban J connectivity index is 2.20. The Labute approximate surface area is 86.1 Å². The van der Waals surface area contributed by atoms with E-state index in [0.717, 1.165) is 19.4 Å². The lowest BCUT2D eigenvalue weighted by Gasteiger charge is -2.34. The maximum absolute atomic E-state index is 11.6. The van der Waals surface area contributed by atoms with Crippen LogP contribution in [-0.2, 0) is 4.79 Å². The van der Waals surface area contributed by atoms with E-state index in [-0.39, 0.29) is 12.0 Å². The van der Waals surface area contributed by atoms with Crippen LogP contribution in [0.2, 0.25) is 0 Å². The van der Waals surface area contributed by atoms with Gasteiger partial charge in [0.05, 0.1) is 6.10 Å². The molecule has 0 bridgehead atoms. The summed E-state index contributed by atoms with van der Waals surface area (Å²) in [4.78, 5) is 13.4. The van der Waals surface area contributed by atoms with Crippen LogP contribution in [0.25, 0.3) is 0 Å². The van der Waals surface area contributed by atoms with Crippen molar-refractivity contribution in [3.63, 3.8) is 0 Å². The molecule has 0 atom stereocenters. The van der Waals surface area contributed by atoms with Gasteiger partial charge in [0.1, 0.15) is 0 Å². The number of rotatable bonds is 4. The van der Waals surface area contributed by atoms with E-state index in [2.05, 4.69) is 13.8 Å². The molecule has 1 aliphatic rings. The predicted octanol–water partition coefficient (Wildman–Crippen LogP) is 1.26. The minimum absolute atomic E-state index is 0.117. The van der Waals surface area contributed by atoms with Crippen LogP contribution < -0.4 is 0 Å². The molecule has 0 radical (unpaired) electrons. The Morgan fingerprint density at radius 2 is 2.07 bits per heavy atom. The molecular weight excluding hydrogens is 178 g/mol. The molecule has 1 fully saturated rings. The first-order valence-corrected chi connectivity index (χ1v) is 5.41. The van der Waals surface area contributed by atoms with E-state index in [4.69, 9.17) is 5.11 Å². The molecule has 1 aliphatic carbocycles. The van der Waals surface area contributed by atoms with Gasteiger partial charge < -0.3 is 10.0 Å². The molecule has 0 unspecified atom stereocenters. The fraction of sp³-hybridized carbons (Fsp3) is 0.909. The van der Waals surface area contributed by atoms with Gasteiger partial charge in [-0.3, -0.25) is 4.79 Å². The molecule has 3 nitrogen and oxygen atoms in total. The molecule has 0 aromatic carbocycles. The van der Waals surface area contributed by atoms with Crippen molar-refractivity contribution in [2.45, 2.75) is 39.2 Å². The van der Waals surface area contributed by atoms with Crippen LogP contribution in [0.4, 0.5) is 0 Å². The number of aliphatic hydroxyl groups is 1. The topological polar surface area (TPSA) is 40.5 Å². The fourth-order valence-electron chi connectivity index (χ4n) is 1.84. The Bertz CT molecular complexity index is 197. The Morgan fingerprint density at radius 1 is 1.50 bits per heavy atom. The molecule has 82 valence electrons. The third kappa shape index (κ3) is 3.29. The normalized spacial score (nSPS) is 26.1. The van der Waals surface area contributed by atoms with Crippen molar-refractivity contribution in [2.75, 3.05) is 13.6 Å². The molecule has 0 aliphatic heterocycles. The second-order valence-electron chi connectivity index (χ2n) is 4.86. The standard InChI is InChI=1S/C11H21NO2/c1-8(2)4-11(14)12(3)7-9-5-10(13)6-9/h8-10,13H,4-7H2,1-3H3. The maximum atomic E-state index is 11.6. The average molecular weight is 199 g/mol. The lowest BCUT2D eigenvalue weighted by Crippen LogP contribution is -2.39. The summed E-state index contributed by atoms with van der Waals surface area (Å²) in [7, 11) is 1.86. The maximum Gasteiger partial charge on any atom is 0.222 e. The number of carbonyl (C=O) groups is 1. The molecule has 0 aromatic heterocycles. The van der Waals surface area contributed by atoms with E-state index >= 15 is 0 Å². The molecule has 3 heteroatoms. The van der Waals surface area contributed by atoms with Gasteiger partial charge in [-0.25, -0.2) is 0 Å². The summed E-state index contributed by atoms with van der Waals surface area (Å²) in [5, 5.41) is 9.11. The summed E-state index contributed by atoms with van der Waals surface area (Å²) in [6.45, 7) is 4.92. The van der Waals surface area contributed by atoms with E-state index in [1.54, 1.807) is 4.90 Å². The second kappa shape index (κ2) is 4.78. The lowest BCUT2D eigenvalue weighted by atomic mass is 9.82. The first kappa shape index (κ1) is 11.5. The zero-order valence-electron chi connectivity index (χ0n) is 9.36. The Hall–Kier alpha value is -0.570. The minimum Gasteiger partial charge on any atom is -0.393 e. The molecule has 1 N–H and O–H groups in total. The summed E-state index contributed by atoms with van der Waals surface area (Å²) in [5.41, 5.74) is 0. The van der Waals surface area contributed by atoms with Crippen LogP contribution in [-0.4, -0.2) is 35.6 Å². The van der Waals surface area contributed by atoms with Gasteiger partial charge in [-0.1, -0.05) is 13.8 Å². The average Bonchev–Trinajstić information content (AvgIpc) is 2.00. The van der Waals surface area contributed by atoms with Gasteiger partial charge in [-0.15, -0.1) is 0 Å². The molecule has 1 saturated carbocycles. The van der Waals surface area contributed by atoms with Crippen LogP contribution in [0.1, 0.15) is 33.1 Å². The van der Waals surface area contributed by atoms with Crippen molar-refractivity contribution in [3.8, 4) is 0 Å². The van der Waals surface area contributed by atoms with Crippen LogP contribution >= 0.6 is 0 Å². The Kier molecular flexibility index (Phi) is 3.93. The van der Waals surface area contributed by atoms with Crippen molar-refractivity contribution < 1.29 is 9.90 Å². The van der Waals surface area contributed by atoms with Crippen molar-refractivity contribution in [2.24, 2.45) is 11.8 Å². The van der Waals surface area contributed by atoms with Gasteiger partial charge >= 0.3 is 0 Å². The monoisotopic (exact) mass is 199 g/mol. The third-order valence-electron chi connectivity index (χ3n) is 2.75. The molecule has 0 aromatic rings. The van der Waals surface area contributed by atoms with Crippen molar-refractivity contribution in [1.82, 2.24) is 4.90 Å². The SMILES string of the molecule is CC(C)CC(=O)N(C)CC1CC(O)C1. The summed E-state index contributed by atoms with van der Waals surface area (Å²) in [6, 6.07) is 0. The van der Waals surface area contributed by atoms with Gasteiger partial charge in [0.25, 0.3) is 0 Å². The molecule has 0 saturated heterocycles. The molecule has 1 amide bonds. The van der Waals surface area contributed by atoms with E-state index in [1.165, 1.54) is 0 Å². The number of nitrogens with zero attached hydrogens (tertiary/aromatic N) is 1. The second-order valence-corrected chi connectivity index (χ2v) is 4.86. The first-order valence-electron chi connectivity index (χ1n) is 5.41. The number of carbonyl (C=O) groups excluding carboxylic acids is 1. The predicted molar refractivity (Wildman–Crippen MR) is 55.8 cm³/mol. The molecule has 0 spiro atoms. The number of hydrogen-bond donors (Lipinski definition) is 1. The van der Waals surface area contributed by atoms with Crippen LogP contribution in [0, 0.1) is 11.8 Å². The van der Waals surface area contributed by atoms with E-state index in [1.807, 2.05) is 7.05 Å². The molecule has 1 rings (SSSR count). The van der Waals surface area contributed by atoms with Crippen LogP contribution in [0.15, 0.2) is 0 Å². The summed E-state index contributed by atoms with van der Waals surface area (Å²) >= 11 is 0. The summed E-state index contributed by atoms with van der Waals surface area (Å²) in [6.07, 6.45) is 2.23. The first-order chi connectivity index (χ1) is 6.49. The van der Waals surface area contributed by atoms with E-state index in [0.29, 0.717) is 18.3 Å². The summed E-state index contributed by atoms with van der Waals surface area (Å²) in [5.74, 6) is 1.17. The van der Waals surface area contributed by atoms with Gasteiger partial charge in [-0.05, 0) is 24.7 Å². The highest BCUT2D eigenvalue weighted by molar-refractivity contribution is 5.76. The van der Waals surface area contributed by atoms with Crippen LogP contribution in [0.3, 0.4) is 0 Å². The van der Waals surface area contributed by atoms with Gasteiger partial charge in [0.2, 0.25) is 5.91 Å². The van der Waals surface area contributed by atoms with Crippen LogP contribution in [0.5, 0.6) is 0 Å². The third-order valence-corrected chi connectivity index (χ3v) is 2.75. The van der Waals surface area contributed by atoms with Crippen molar-refractivity contribution in [1.29, 1.82) is 0 Å². The number of amides is 1. The van der Waals surface area contributed by atoms with Gasteiger partial charge in [0.15, 0.2) is 0 Å². The summed E-state index contributed by atoms with van der Waals surface area (Å²) < 4.78 is 0. The number of hydrogen-bond acceptors (Lipinski definition) is 2. The smallest absolute Gasteiger partial charge is 0.222 e. The highest BCUT2D eigenvalue weighted by Crippen LogP contribution is 2.27. The number of aliphatic hydroxyl groups excluding tert-OH is 1. The fourth-order valence-corrected chi connectivity index (χ4v) is 1.84. The zero-order valence-corrected chi connectivity index (χ0v) is 9.36. The highest BCUT2D eigenvalue weighted by Gasteiger charge is 2.28. The van der Waals surface area contributed by atoms with Crippen molar-refractivity contribution in [3.05, 3.63) is 0 Å². The van der Waals surface area contributed by atoms with E-state index in [9.17, 15) is 4.79 Å². The largest absolute Gasteiger partial charge is 0.393 e. The minimum atomic E-state index is -0.117. The molecule has 0 heterocycles. The van der Waals surface area contributed by atoms with Gasteiger partial charge in [0, 0.05) is 20.0 Å². The van der Waals surface area contributed by atoms with Crippen molar-refractivity contribution >= 4 is 5.91 Å². The highest BCUT2D eigenvalue weighted by atomic mass is 16.3. The molecule has 14 heavy (non-hydrogen) atoms. The lowest BCUT2D eigenvalue weighted by molar-refractivity contribution is -0.132. The van der Waals surface area contributed by atoms with Gasteiger partial charge in [-0.2, -0.15) is 0 Å². The molecular formula is C11H21NO2. The zero-order chi connectivity index (χ0) is 10.7. The quantitative estimate of drug-likeness (QED) is 0.740.